The Labute approximate surface area is 88.8 Å². The zero-order valence-electron chi connectivity index (χ0n) is 9.07. The van der Waals surface area contributed by atoms with Crippen LogP contribution < -0.4 is 9.47 Å². The third kappa shape index (κ3) is 2.40. The van der Waals surface area contributed by atoms with Gasteiger partial charge in [0.1, 0.15) is 5.56 Å². The van der Waals surface area contributed by atoms with Crippen molar-refractivity contribution in [3.63, 3.8) is 0 Å². The Kier molecular flexibility index (Phi) is 3.97. The number of esters is 1. The molecule has 0 N–H and O–H groups in total. The summed E-state index contributed by atoms with van der Waals surface area (Å²) in [5.41, 5.74) is 0.374. The molecule has 0 saturated carbocycles. The number of hydrogen-bond acceptors (Lipinski definition) is 4. The maximum Gasteiger partial charge on any atom is 0.342 e. The third-order valence-corrected chi connectivity index (χ3v) is 1.90. The second kappa shape index (κ2) is 5.24. The maximum atomic E-state index is 11.5. The highest BCUT2D eigenvalue weighted by Gasteiger charge is 2.16. The topological polar surface area (TPSA) is 44.8 Å². The van der Waals surface area contributed by atoms with Crippen LogP contribution in [-0.2, 0) is 4.74 Å². The van der Waals surface area contributed by atoms with Crippen LogP contribution in [0.1, 0.15) is 17.3 Å². The molecule has 1 rings (SSSR count). The minimum absolute atomic E-state index is 0.333. The molecule has 0 aromatic heterocycles. The van der Waals surface area contributed by atoms with Gasteiger partial charge in [0, 0.05) is 0 Å². The molecular weight excluding hydrogens is 196 g/mol. The van der Waals surface area contributed by atoms with Crippen molar-refractivity contribution in [1.29, 1.82) is 0 Å². The minimum atomic E-state index is -0.409. The van der Waals surface area contributed by atoms with Crippen molar-refractivity contribution in [2.45, 2.75) is 6.92 Å². The summed E-state index contributed by atoms with van der Waals surface area (Å²) in [6, 6.07) is 5.08. The van der Waals surface area contributed by atoms with E-state index >= 15 is 0 Å². The third-order valence-electron chi connectivity index (χ3n) is 1.90. The van der Waals surface area contributed by atoms with Crippen molar-refractivity contribution >= 4 is 5.97 Å². The van der Waals surface area contributed by atoms with E-state index in [-0.39, 0.29) is 0 Å². The van der Waals surface area contributed by atoms with Gasteiger partial charge in [-0.15, -0.1) is 0 Å². The Balaban J connectivity index is 3.11. The van der Waals surface area contributed by atoms with Crippen LogP contribution in [0.3, 0.4) is 0 Å². The van der Waals surface area contributed by atoms with Gasteiger partial charge in [-0.1, -0.05) is 6.07 Å². The van der Waals surface area contributed by atoms with Gasteiger partial charge in [0.25, 0.3) is 0 Å². The fraction of sp³-hybridized carbons (Fsp3) is 0.364. The molecule has 0 aliphatic heterocycles. The fourth-order valence-corrected chi connectivity index (χ4v) is 1.26. The summed E-state index contributed by atoms with van der Waals surface area (Å²) in [4.78, 5) is 11.5. The SMILES string of the molecule is CCOC(=O)c1cccc(OC)c1OC. The van der Waals surface area contributed by atoms with E-state index in [9.17, 15) is 4.79 Å². The number of para-hydroxylation sites is 1. The molecule has 1 aromatic carbocycles. The molecule has 0 radical (unpaired) electrons. The molecule has 0 amide bonds. The van der Waals surface area contributed by atoms with E-state index in [1.807, 2.05) is 0 Å². The predicted octanol–water partition coefficient (Wildman–Crippen LogP) is 1.88. The summed E-state index contributed by atoms with van der Waals surface area (Å²) in [6.07, 6.45) is 0. The van der Waals surface area contributed by atoms with Crippen LogP contribution in [0, 0.1) is 0 Å². The van der Waals surface area contributed by atoms with Gasteiger partial charge in [0.05, 0.1) is 20.8 Å². The predicted molar refractivity (Wildman–Crippen MR) is 55.5 cm³/mol. The highest BCUT2D eigenvalue weighted by Crippen LogP contribution is 2.30. The molecule has 4 nitrogen and oxygen atoms in total. The molecule has 1 aromatic rings. The van der Waals surface area contributed by atoms with Gasteiger partial charge < -0.3 is 14.2 Å². The molecule has 0 unspecified atom stereocenters. The van der Waals surface area contributed by atoms with Gasteiger partial charge in [-0.25, -0.2) is 4.79 Å². The van der Waals surface area contributed by atoms with E-state index in [1.165, 1.54) is 14.2 Å². The second-order valence-corrected chi connectivity index (χ2v) is 2.76. The summed E-state index contributed by atoms with van der Waals surface area (Å²) in [5, 5.41) is 0. The van der Waals surface area contributed by atoms with Gasteiger partial charge in [0.2, 0.25) is 0 Å². The van der Waals surface area contributed by atoms with Crippen molar-refractivity contribution in [3.8, 4) is 11.5 Å². The number of ether oxygens (including phenoxy) is 3. The first-order chi connectivity index (χ1) is 7.24. The molecule has 0 atom stereocenters. The highest BCUT2D eigenvalue weighted by molar-refractivity contribution is 5.93. The molecule has 0 fully saturated rings. The molecule has 4 heteroatoms. The Hall–Kier alpha value is -1.71. The van der Waals surface area contributed by atoms with Crippen LogP contribution in [0.5, 0.6) is 11.5 Å². The quantitative estimate of drug-likeness (QED) is 0.712. The van der Waals surface area contributed by atoms with E-state index in [1.54, 1.807) is 25.1 Å². The van der Waals surface area contributed by atoms with Gasteiger partial charge >= 0.3 is 5.97 Å². The Morgan fingerprint density at radius 1 is 1.27 bits per heavy atom. The van der Waals surface area contributed by atoms with Crippen molar-refractivity contribution < 1.29 is 19.0 Å². The Bertz CT molecular complexity index is 346. The average Bonchev–Trinajstić information content (AvgIpc) is 2.28. The van der Waals surface area contributed by atoms with E-state index in [0.29, 0.717) is 23.7 Å². The molecular formula is C11H14O4. The lowest BCUT2D eigenvalue weighted by atomic mass is 10.2. The number of methoxy groups -OCH3 is 2. The first-order valence-corrected chi connectivity index (χ1v) is 4.62. The van der Waals surface area contributed by atoms with E-state index in [0.717, 1.165) is 0 Å². The lowest BCUT2D eigenvalue weighted by molar-refractivity contribution is 0.0522. The summed E-state index contributed by atoms with van der Waals surface area (Å²) in [5.74, 6) is 0.509. The lowest BCUT2D eigenvalue weighted by Crippen LogP contribution is -2.07. The number of carbonyl (C=O) groups excluding carboxylic acids is 1. The zero-order chi connectivity index (χ0) is 11.3. The molecule has 0 spiro atoms. The number of carbonyl (C=O) groups is 1. The lowest BCUT2D eigenvalue weighted by Gasteiger charge is -2.11. The van der Waals surface area contributed by atoms with Crippen LogP contribution in [0.2, 0.25) is 0 Å². The number of hydrogen-bond donors (Lipinski definition) is 0. The molecule has 0 aliphatic rings. The van der Waals surface area contributed by atoms with Gasteiger partial charge in [-0.2, -0.15) is 0 Å². The number of benzene rings is 1. The Morgan fingerprint density at radius 2 is 2.00 bits per heavy atom. The maximum absolute atomic E-state index is 11.5. The normalized spacial score (nSPS) is 9.53. The largest absolute Gasteiger partial charge is 0.493 e. The van der Waals surface area contributed by atoms with E-state index in [2.05, 4.69) is 0 Å². The van der Waals surface area contributed by atoms with Crippen LogP contribution in [0.15, 0.2) is 18.2 Å². The first-order valence-electron chi connectivity index (χ1n) is 4.62. The van der Waals surface area contributed by atoms with E-state index < -0.39 is 5.97 Å². The summed E-state index contributed by atoms with van der Waals surface area (Å²) >= 11 is 0. The molecule has 0 heterocycles. The fourth-order valence-electron chi connectivity index (χ4n) is 1.26. The second-order valence-electron chi connectivity index (χ2n) is 2.76. The summed E-state index contributed by atoms with van der Waals surface area (Å²) in [7, 11) is 3.01. The molecule has 82 valence electrons. The van der Waals surface area contributed by atoms with Gasteiger partial charge in [0.15, 0.2) is 11.5 Å². The summed E-state index contributed by atoms with van der Waals surface area (Å²) < 4.78 is 15.1. The molecule has 0 aliphatic carbocycles. The van der Waals surface area contributed by atoms with Crippen molar-refractivity contribution in [2.24, 2.45) is 0 Å². The zero-order valence-corrected chi connectivity index (χ0v) is 9.07. The van der Waals surface area contributed by atoms with Crippen molar-refractivity contribution in [2.75, 3.05) is 20.8 Å². The van der Waals surface area contributed by atoms with Crippen LogP contribution in [0.4, 0.5) is 0 Å². The highest BCUT2D eigenvalue weighted by atomic mass is 16.5. The number of rotatable bonds is 4. The minimum Gasteiger partial charge on any atom is -0.493 e. The average molecular weight is 210 g/mol. The van der Waals surface area contributed by atoms with Gasteiger partial charge in [-0.05, 0) is 19.1 Å². The van der Waals surface area contributed by atoms with Gasteiger partial charge in [-0.3, -0.25) is 0 Å². The van der Waals surface area contributed by atoms with Crippen LogP contribution >= 0.6 is 0 Å². The molecule has 15 heavy (non-hydrogen) atoms. The van der Waals surface area contributed by atoms with Crippen LogP contribution in [0.25, 0.3) is 0 Å². The van der Waals surface area contributed by atoms with Crippen LogP contribution in [-0.4, -0.2) is 26.8 Å². The van der Waals surface area contributed by atoms with Crippen molar-refractivity contribution in [3.05, 3.63) is 23.8 Å². The molecule has 0 bridgehead atoms. The summed E-state index contributed by atoms with van der Waals surface area (Å²) in [6.45, 7) is 2.09. The standard InChI is InChI=1S/C11H14O4/c1-4-15-11(12)8-6-5-7-9(13-2)10(8)14-3/h5-7H,4H2,1-3H3. The van der Waals surface area contributed by atoms with Crippen molar-refractivity contribution in [1.82, 2.24) is 0 Å². The Morgan fingerprint density at radius 3 is 2.53 bits per heavy atom. The molecule has 0 saturated heterocycles. The van der Waals surface area contributed by atoms with E-state index in [4.69, 9.17) is 14.2 Å². The monoisotopic (exact) mass is 210 g/mol. The first kappa shape index (κ1) is 11.4. The smallest absolute Gasteiger partial charge is 0.342 e.